The smallest absolute Gasteiger partial charge is 0.226 e. The maximum atomic E-state index is 5.64. The van der Waals surface area contributed by atoms with Gasteiger partial charge in [0.15, 0.2) is 0 Å². The number of oxazole rings is 1. The normalized spacial score (nSPS) is 12.1. The molecule has 0 bridgehead atoms. The number of aryl methyl sites for hydroxylation is 1. The molecule has 1 unspecified atom stereocenters. The van der Waals surface area contributed by atoms with Crippen LogP contribution in [-0.2, 0) is 13.0 Å². The molecule has 0 fully saturated rings. The van der Waals surface area contributed by atoms with Gasteiger partial charge in [-0.15, -0.1) is 0 Å². The predicted octanol–water partition coefficient (Wildman–Crippen LogP) is 4.85. The Morgan fingerprint density at radius 3 is 2.77 bits per heavy atom. The fourth-order valence-corrected chi connectivity index (χ4v) is 2.82. The van der Waals surface area contributed by atoms with Gasteiger partial charge in [-0.05, 0) is 50.5 Å². The van der Waals surface area contributed by atoms with E-state index in [9.17, 15) is 0 Å². The summed E-state index contributed by atoms with van der Waals surface area (Å²) in [4.78, 5) is 4.59. The van der Waals surface area contributed by atoms with Gasteiger partial charge in [0.1, 0.15) is 12.0 Å². The Labute approximate surface area is 155 Å². The largest absolute Gasteiger partial charge is 0.494 e. The SMILES string of the molecule is CCOc1cccc(-c2nc(CNC(C)CCc3ccccc3)co2)c1. The van der Waals surface area contributed by atoms with Gasteiger partial charge in [0.25, 0.3) is 0 Å². The predicted molar refractivity (Wildman–Crippen MR) is 104 cm³/mol. The maximum Gasteiger partial charge on any atom is 0.226 e. The van der Waals surface area contributed by atoms with E-state index in [1.807, 2.05) is 31.2 Å². The van der Waals surface area contributed by atoms with Crippen LogP contribution in [0.1, 0.15) is 31.5 Å². The molecule has 4 nitrogen and oxygen atoms in total. The van der Waals surface area contributed by atoms with Gasteiger partial charge in [-0.2, -0.15) is 0 Å². The fraction of sp³-hybridized carbons (Fsp3) is 0.318. The standard InChI is InChI=1S/C22H26N2O2/c1-3-25-21-11-7-10-19(14-21)22-24-20(16-26-22)15-23-17(2)12-13-18-8-5-4-6-9-18/h4-11,14,16-17,23H,3,12-13,15H2,1-2H3. The summed E-state index contributed by atoms with van der Waals surface area (Å²) in [6.07, 6.45) is 3.88. The monoisotopic (exact) mass is 350 g/mol. The Bertz CT molecular complexity index is 799. The van der Waals surface area contributed by atoms with Gasteiger partial charge in [-0.25, -0.2) is 4.98 Å². The van der Waals surface area contributed by atoms with Crippen molar-refractivity contribution in [2.45, 2.75) is 39.3 Å². The van der Waals surface area contributed by atoms with Crippen LogP contribution in [0.25, 0.3) is 11.5 Å². The molecule has 1 atom stereocenters. The van der Waals surface area contributed by atoms with E-state index in [0.717, 1.165) is 29.8 Å². The molecule has 0 aliphatic heterocycles. The quantitative estimate of drug-likeness (QED) is 0.599. The molecule has 136 valence electrons. The van der Waals surface area contributed by atoms with Crippen LogP contribution in [0.4, 0.5) is 0 Å². The van der Waals surface area contributed by atoms with Crippen LogP contribution >= 0.6 is 0 Å². The van der Waals surface area contributed by atoms with Crippen LogP contribution in [-0.4, -0.2) is 17.6 Å². The molecule has 0 aliphatic carbocycles. The van der Waals surface area contributed by atoms with Crippen LogP contribution in [0.15, 0.2) is 65.3 Å². The van der Waals surface area contributed by atoms with Gasteiger partial charge in [0, 0.05) is 18.2 Å². The minimum atomic E-state index is 0.414. The first-order chi connectivity index (χ1) is 12.7. The Morgan fingerprint density at radius 1 is 1.12 bits per heavy atom. The number of nitrogens with zero attached hydrogens (tertiary/aromatic N) is 1. The van der Waals surface area contributed by atoms with Crippen LogP contribution < -0.4 is 10.1 Å². The highest BCUT2D eigenvalue weighted by Crippen LogP contribution is 2.23. The zero-order chi connectivity index (χ0) is 18.2. The average Bonchev–Trinajstić information content (AvgIpc) is 3.15. The Morgan fingerprint density at radius 2 is 1.96 bits per heavy atom. The molecule has 4 heteroatoms. The Hall–Kier alpha value is -2.59. The molecule has 3 aromatic rings. The summed E-state index contributed by atoms with van der Waals surface area (Å²) in [6, 6.07) is 18.8. The molecule has 3 rings (SSSR count). The van der Waals surface area contributed by atoms with E-state index >= 15 is 0 Å². The summed E-state index contributed by atoms with van der Waals surface area (Å²) >= 11 is 0. The molecule has 1 aromatic heterocycles. The average molecular weight is 350 g/mol. The first-order valence-electron chi connectivity index (χ1n) is 9.19. The summed E-state index contributed by atoms with van der Waals surface area (Å²) in [7, 11) is 0. The van der Waals surface area contributed by atoms with Gasteiger partial charge < -0.3 is 14.5 Å². The van der Waals surface area contributed by atoms with E-state index in [1.165, 1.54) is 5.56 Å². The second-order valence-corrected chi connectivity index (χ2v) is 6.41. The van der Waals surface area contributed by atoms with Crippen LogP contribution in [0.2, 0.25) is 0 Å². The molecule has 0 aliphatic rings. The number of aromatic nitrogens is 1. The van der Waals surface area contributed by atoms with Gasteiger partial charge >= 0.3 is 0 Å². The second-order valence-electron chi connectivity index (χ2n) is 6.41. The van der Waals surface area contributed by atoms with Crippen molar-refractivity contribution in [1.82, 2.24) is 10.3 Å². The van der Waals surface area contributed by atoms with Gasteiger partial charge in [-0.3, -0.25) is 0 Å². The molecular weight excluding hydrogens is 324 g/mol. The van der Waals surface area contributed by atoms with E-state index in [4.69, 9.17) is 9.15 Å². The summed E-state index contributed by atoms with van der Waals surface area (Å²) in [5, 5.41) is 3.52. The van der Waals surface area contributed by atoms with E-state index < -0.39 is 0 Å². The number of hydrogen-bond acceptors (Lipinski definition) is 4. The van der Waals surface area contributed by atoms with Crippen molar-refractivity contribution in [3.8, 4) is 17.2 Å². The van der Waals surface area contributed by atoms with Crippen molar-refractivity contribution < 1.29 is 9.15 Å². The van der Waals surface area contributed by atoms with Crippen molar-refractivity contribution in [2.75, 3.05) is 6.61 Å². The number of benzene rings is 2. The second kappa shape index (κ2) is 9.20. The molecule has 0 radical (unpaired) electrons. The van der Waals surface area contributed by atoms with Crippen LogP contribution in [0.3, 0.4) is 0 Å². The lowest BCUT2D eigenvalue weighted by molar-refractivity contribution is 0.340. The Kier molecular flexibility index (Phi) is 6.45. The highest BCUT2D eigenvalue weighted by Gasteiger charge is 2.09. The van der Waals surface area contributed by atoms with Crippen molar-refractivity contribution in [1.29, 1.82) is 0 Å². The zero-order valence-corrected chi connectivity index (χ0v) is 15.4. The van der Waals surface area contributed by atoms with Crippen LogP contribution in [0.5, 0.6) is 5.75 Å². The van der Waals surface area contributed by atoms with Gasteiger partial charge in [0.05, 0.1) is 12.3 Å². The third kappa shape index (κ3) is 5.20. The summed E-state index contributed by atoms with van der Waals surface area (Å²) in [5.74, 6) is 1.46. The number of rotatable bonds is 9. The Balaban J connectivity index is 1.51. The number of nitrogens with one attached hydrogen (secondary N) is 1. The highest BCUT2D eigenvalue weighted by molar-refractivity contribution is 5.56. The molecule has 2 aromatic carbocycles. The van der Waals surface area contributed by atoms with Gasteiger partial charge in [-0.1, -0.05) is 36.4 Å². The third-order valence-corrected chi connectivity index (χ3v) is 4.28. The van der Waals surface area contributed by atoms with Crippen molar-refractivity contribution in [3.05, 3.63) is 72.1 Å². The summed E-state index contributed by atoms with van der Waals surface area (Å²) in [5.41, 5.74) is 3.21. The maximum absolute atomic E-state index is 5.64. The molecule has 0 saturated heterocycles. The first kappa shape index (κ1) is 18.2. The minimum absolute atomic E-state index is 0.414. The fourth-order valence-electron chi connectivity index (χ4n) is 2.82. The van der Waals surface area contributed by atoms with Crippen molar-refractivity contribution in [3.63, 3.8) is 0 Å². The molecule has 1 heterocycles. The lowest BCUT2D eigenvalue weighted by Gasteiger charge is -2.12. The molecule has 0 saturated carbocycles. The summed E-state index contributed by atoms with van der Waals surface area (Å²) in [6.45, 7) is 5.52. The molecule has 0 amide bonds. The van der Waals surface area contributed by atoms with E-state index in [1.54, 1.807) is 6.26 Å². The van der Waals surface area contributed by atoms with Crippen molar-refractivity contribution >= 4 is 0 Å². The molecular formula is C22H26N2O2. The van der Waals surface area contributed by atoms with Crippen molar-refractivity contribution in [2.24, 2.45) is 0 Å². The number of hydrogen-bond donors (Lipinski definition) is 1. The zero-order valence-electron chi connectivity index (χ0n) is 15.4. The van der Waals surface area contributed by atoms with E-state index in [0.29, 0.717) is 25.1 Å². The highest BCUT2D eigenvalue weighted by atomic mass is 16.5. The number of ether oxygens (including phenoxy) is 1. The van der Waals surface area contributed by atoms with E-state index in [-0.39, 0.29) is 0 Å². The molecule has 1 N–H and O–H groups in total. The topological polar surface area (TPSA) is 47.3 Å². The molecule has 26 heavy (non-hydrogen) atoms. The van der Waals surface area contributed by atoms with Gasteiger partial charge in [0.2, 0.25) is 5.89 Å². The molecule has 0 spiro atoms. The lowest BCUT2D eigenvalue weighted by Crippen LogP contribution is -2.26. The minimum Gasteiger partial charge on any atom is -0.494 e. The van der Waals surface area contributed by atoms with E-state index in [2.05, 4.69) is 47.6 Å². The summed E-state index contributed by atoms with van der Waals surface area (Å²) < 4.78 is 11.2. The lowest BCUT2D eigenvalue weighted by atomic mass is 10.1. The first-order valence-corrected chi connectivity index (χ1v) is 9.19. The van der Waals surface area contributed by atoms with Crippen LogP contribution in [0, 0.1) is 0 Å². The third-order valence-electron chi connectivity index (χ3n) is 4.28.